The summed E-state index contributed by atoms with van der Waals surface area (Å²) in [5.74, 6) is 1.88. The number of H-pyrrole nitrogens is 1. The van der Waals surface area contributed by atoms with E-state index >= 15 is 0 Å². The van der Waals surface area contributed by atoms with E-state index in [0.29, 0.717) is 51.6 Å². The van der Waals surface area contributed by atoms with Gasteiger partial charge in [0.05, 0.1) is 46.9 Å². The molecule has 0 spiro atoms. The standard InChI is InChI=1S/C27H24ClN5O3/c1-35-26-16(28)3-2-4-18(26)30-25-21-23(15-11-19(15)31-27(21)34)33-24(25)14-9-10-29-17-7-8-20(32-22(14)17)36-12-13-5-6-13/h2-4,7-10,13,15,19,30,33H,5-6,11-12H2,1H3,(H,31,34)/t15-,19+/m0/s1. The molecule has 3 aromatic heterocycles. The average Bonchev–Trinajstić information content (AvgIpc) is 3.81. The van der Waals surface area contributed by atoms with E-state index in [1.165, 1.54) is 12.8 Å². The number of pyridine rings is 2. The molecular formula is C27H24ClN5O3. The second kappa shape index (κ2) is 8.13. The summed E-state index contributed by atoms with van der Waals surface area (Å²) in [5, 5.41) is 7.05. The SMILES string of the molecule is COc1c(Cl)cccc1Nc1c(-c2ccnc3ccc(OCC4CC4)nc23)[nH]c2c1C(=O)N[C@@H]1C[C@H]21. The number of anilines is 2. The first-order valence-corrected chi connectivity index (χ1v) is 12.5. The lowest BCUT2D eigenvalue weighted by Crippen LogP contribution is -2.31. The van der Waals surface area contributed by atoms with Crippen LogP contribution in [0.2, 0.25) is 5.02 Å². The first-order chi connectivity index (χ1) is 17.6. The highest BCUT2D eigenvalue weighted by Crippen LogP contribution is 2.51. The number of rotatable bonds is 7. The van der Waals surface area contributed by atoms with Crippen molar-refractivity contribution in [1.82, 2.24) is 20.3 Å². The molecule has 1 aromatic carbocycles. The largest absolute Gasteiger partial charge is 0.493 e. The molecule has 2 saturated carbocycles. The Morgan fingerprint density at radius 2 is 2.08 bits per heavy atom. The fourth-order valence-corrected chi connectivity index (χ4v) is 5.25. The first kappa shape index (κ1) is 21.5. The van der Waals surface area contributed by atoms with Crippen molar-refractivity contribution in [1.29, 1.82) is 0 Å². The van der Waals surface area contributed by atoms with Gasteiger partial charge in [0.2, 0.25) is 5.88 Å². The monoisotopic (exact) mass is 501 g/mol. The van der Waals surface area contributed by atoms with Crippen LogP contribution in [0.4, 0.5) is 11.4 Å². The van der Waals surface area contributed by atoms with Crippen molar-refractivity contribution in [2.24, 2.45) is 5.92 Å². The van der Waals surface area contributed by atoms with Crippen LogP contribution in [-0.2, 0) is 0 Å². The predicted octanol–water partition coefficient (Wildman–Crippen LogP) is 5.42. The summed E-state index contributed by atoms with van der Waals surface area (Å²) in [7, 11) is 1.57. The highest BCUT2D eigenvalue weighted by atomic mass is 35.5. The summed E-state index contributed by atoms with van der Waals surface area (Å²) >= 11 is 6.40. The number of aromatic amines is 1. The van der Waals surface area contributed by atoms with E-state index in [1.807, 2.05) is 30.3 Å². The number of halogens is 1. The Morgan fingerprint density at radius 3 is 2.92 bits per heavy atom. The average molecular weight is 502 g/mol. The number of aromatic nitrogens is 3. The molecule has 4 heterocycles. The minimum absolute atomic E-state index is 0.102. The fraction of sp³-hybridized carbons (Fsp3) is 0.296. The molecule has 0 bridgehead atoms. The van der Waals surface area contributed by atoms with Crippen LogP contribution in [0, 0.1) is 5.92 Å². The van der Waals surface area contributed by atoms with Gasteiger partial charge in [-0.3, -0.25) is 9.78 Å². The molecule has 182 valence electrons. The Hall–Kier alpha value is -3.78. The van der Waals surface area contributed by atoms with E-state index in [9.17, 15) is 4.79 Å². The van der Waals surface area contributed by atoms with E-state index in [1.54, 1.807) is 19.4 Å². The highest BCUT2D eigenvalue weighted by molar-refractivity contribution is 6.32. The zero-order chi connectivity index (χ0) is 24.4. The van der Waals surface area contributed by atoms with Gasteiger partial charge in [0, 0.05) is 35.5 Å². The fourth-order valence-electron chi connectivity index (χ4n) is 5.00. The predicted molar refractivity (Wildman–Crippen MR) is 137 cm³/mol. The van der Waals surface area contributed by atoms with E-state index in [0.717, 1.165) is 28.9 Å². The van der Waals surface area contributed by atoms with Gasteiger partial charge >= 0.3 is 0 Å². The number of nitrogens with zero attached hydrogens (tertiary/aromatic N) is 2. The van der Waals surface area contributed by atoms with Crippen LogP contribution < -0.4 is 20.1 Å². The molecule has 2 aliphatic carbocycles. The van der Waals surface area contributed by atoms with Crippen LogP contribution in [-0.4, -0.2) is 40.6 Å². The molecule has 1 aliphatic heterocycles. The van der Waals surface area contributed by atoms with Crippen molar-refractivity contribution in [3.8, 4) is 22.9 Å². The Morgan fingerprint density at radius 1 is 1.19 bits per heavy atom. The van der Waals surface area contributed by atoms with Crippen molar-refractivity contribution in [2.45, 2.75) is 31.2 Å². The maximum Gasteiger partial charge on any atom is 0.255 e. The first-order valence-electron chi connectivity index (χ1n) is 12.2. The van der Waals surface area contributed by atoms with Gasteiger partial charge in [0.25, 0.3) is 5.91 Å². The molecule has 4 aromatic rings. The normalized spacial score (nSPS) is 19.9. The van der Waals surface area contributed by atoms with Crippen molar-refractivity contribution in [2.75, 3.05) is 19.0 Å². The van der Waals surface area contributed by atoms with E-state index in [2.05, 4.69) is 20.6 Å². The molecule has 9 heteroatoms. The number of nitrogens with one attached hydrogen (secondary N) is 3. The molecule has 3 N–H and O–H groups in total. The molecule has 2 fully saturated rings. The zero-order valence-electron chi connectivity index (χ0n) is 19.6. The number of amides is 1. The number of fused-ring (bicyclic) bond motifs is 4. The number of benzene rings is 1. The molecule has 8 nitrogen and oxygen atoms in total. The van der Waals surface area contributed by atoms with Gasteiger partial charge in [-0.2, -0.15) is 0 Å². The van der Waals surface area contributed by atoms with Gasteiger partial charge in [-0.1, -0.05) is 17.7 Å². The molecule has 3 aliphatic rings. The Balaban J connectivity index is 1.40. The van der Waals surface area contributed by atoms with Crippen molar-refractivity contribution < 1.29 is 14.3 Å². The maximum atomic E-state index is 13.2. The van der Waals surface area contributed by atoms with Crippen LogP contribution in [0.25, 0.3) is 22.3 Å². The third kappa shape index (κ3) is 3.55. The Bertz CT molecular complexity index is 1530. The smallest absolute Gasteiger partial charge is 0.255 e. The summed E-state index contributed by atoms with van der Waals surface area (Å²) in [5.41, 5.74) is 5.93. The van der Waals surface area contributed by atoms with Crippen LogP contribution in [0.3, 0.4) is 0 Å². The molecule has 1 amide bonds. The second-order valence-electron chi connectivity index (χ2n) is 9.66. The third-order valence-electron chi connectivity index (χ3n) is 7.16. The van der Waals surface area contributed by atoms with Crippen LogP contribution >= 0.6 is 11.6 Å². The van der Waals surface area contributed by atoms with Gasteiger partial charge < -0.3 is 25.1 Å². The van der Waals surface area contributed by atoms with Crippen molar-refractivity contribution >= 4 is 39.9 Å². The Labute approximate surface area is 212 Å². The van der Waals surface area contributed by atoms with Crippen molar-refractivity contribution in [3.05, 3.63) is 58.9 Å². The van der Waals surface area contributed by atoms with Crippen LogP contribution in [0.15, 0.2) is 42.6 Å². The van der Waals surface area contributed by atoms with Crippen molar-refractivity contribution in [3.63, 3.8) is 0 Å². The lowest BCUT2D eigenvalue weighted by molar-refractivity contribution is 0.0944. The zero-order valence-corrected chi connectivity index (χ0v) is 20.4. The quantitative estimate of drug-likeness (QED) is 0.312. The Kier molecular flexibility index (Phi) is 4.86. The van der Waals surface area contributed by atoms with Gasteiger partial charge in [0.15, 0.2) is 5.75 Å². The molecular weight excluding hydrogens is 478 g/mol. The second-order valence-corrected chi connectivity index (χ2v) is 10.1. The van der Waals surface area contributed by atoms with Crippen LogP contribution in [0.1, 0.15) is 41.2 Å². The molecule has 0 radical (unpaired) electrons. The van der Waals surface area contributed by atoms with Gasteiger partial charge in [-0.05, 0) is 49.4 Å². The lowest BCUT2D eigenvalue weighted by atomic mass is 10.0. The number of hydrogen-bond acceptors (Lipinski definition) is 6. The topological polar surface area (TPSA) is 101 Å². The molecule has 7 rings (SSSR count). The van der Waals surface area contributed by atoms with Gasteiger partial charge in [0.1, 0.15) is 5.52 Å². The number of carbonyl (C=O) groups excluding carboxylic acids is 1. The summed E-state index contributed by atoms with van der Waals surface area (Å²) in [4.78, 5) is 26.1. The summed E-state index contributed by atoms with van der Waals surface area (Å²) in [6, 6.07) is 11.4. The summed E-state index contributed by atoms with van der Waals surface area (Å²) in [6.45, 7) is 0.676. The summed E-state index contributed by atoms with van der Waals surface area (Å²) < 4.78 is 11.5. The van der Waals surface area contributed by atoms with Gasteiger partial charge in [-0.25, -0.2) is 4.98 Å². The summed E-state index contributed by atoms with van der Waals surface area (Å²) in [6.07, 6.45) is 5.10. The number of carbonyl (C=O) groups is 1. The molecule has 2 atom stereocenters. The number of ether oxygens (including phenoxy) is 2. The number of hydrogen-bond donors (Lipinski definition) is 3. The number of methoxy groups -OCH3 is 1. The van der Waals surface area contributed by atoms with Crippen LogP contribution in [0.5, 0.6) is 11.6 Å². The minimum atomic E-state index is -0.102. The molecule has 0 saturated heterocycles. The molecule has 36 heavy (non-hydrogen) atoms. The van der Waals surface area contributed by atoms with E-state index in [-0.39, 0.29) is 17.9 Å². The number of para-hydroxylation sites is 1. The van der Waals surface area contributed by atoms with Gasteiger partial charge in [-0.15, -0.1) is 0 Å². The van der Waals surface area contributed by atoms with E-state index < -0.39 is 0 Å². The molecule has 0 unspecified atom stereocenters. The highest BCUT2D eigenvalue weighted by Gasteiger charge is 2.48. The minimum Gasteiger partial charge on any atom is -0.493 e. The third-order valence-corrected chi connectivity index (χ3v) is 7.45. The van der Waals surface area contributed by atoms with E-state index in [4.69, 9.17) is 26.1 Å². The maximum absolute atomic E-state index is 13.2. The lowest BCUT2D eigenvalue weighted by Gasteiger charge is -2.17.